The Kier molecular flexibility index (Phi) is 4.20. The number of nitrogens with two attached hydrogens (primary N) is 2. The van der Waals surface area contributed by atoms with Crippen LogP contribution in [-0.2, 0) is 4.74 Å². The quantitative estimate of drug-likeness (QED) is 0.524. The number of benzene rings is 1. The van der Waals surface area contributed by atoms with Crippen molar-refractivity contribution in [1.82, 2.24) is 0 Å². The van der Waals surface area contributed by atoms with E-state index < -0.39 is 0 Å². The third-order valence-electron chi connectivity index (χ3n) is 2.05. The van der Waals surface area contributed by atoms with Gasteiger partial charge >= 0.3 is 0 Å². The predicted octanol–water partition coefficient (Wildman–Crippen LogP) is 0.270. The molecule has 0 saturated heterocycles. The number of methoxy groups -OCH3 is 1. The molecule has 0 saturated carbocycles. The van der Waals surface area contributed by atoms with Crippen molar-refractivity contribution < 1.29 is 9.84 Å². The lowest BCUT2D eigenvalue weighted by Gasteiger charge is -2.17. The molecule has 0 bridgehead atoms. The maximum absolute atomic E-state index is 9.04. The smallest absolute Gasteiger partial charge is 0.0725 e. The fourth-order valence-electron chi connectivity index (χ4n) is 1.24. The first kappa shape index (κ1) is 11.6. The zero-order chi connectivity index (χ0) is 11.3. The van der Waals surface area contributed by atoms with Crippen LogP contribution in [0, 0.1) is 0 Å². The molecule has 1 atom stereocenters. The minimum absolute atomic E-state index is 0.00186. The van der Waals surface area contributed by atoms with Gasteiger partial charge < -0.3 is 26.6 Å². The van der Waals surface area contributed by atoms with Crippen LogP contribution in [0.1, 0.15) is 0 Å². The third-order valence-corrected chi connectivity index (χ3v) is 2.05. The van der Waals surface area contributed by atoms with Crippen molar-refractivity contribution in [3.05, 3.63) is 18.2 Å². The number of hydrogen-bond acceptors (Lipinski definition) is 5. The van der Waals surface area contributed by atoms with Gasteiger partial charge in [-0.25, -0.2) is 0 Å². The zero-order valence-corrected chi connectivity index (χ0v) is 8.73. The van der Waals surface area contributed by atoms with Gasteiger partial charge in [0.1, 0.15) is 0 Å². The van der Waals surface area contributed by atoms with E-state index >= 15 is 0 Å². The predicted molar refractivity (Wildman–Crippen MR) is 61.6 cm³/mol. The summed E-state index contributed by atoms with van der Waals surface area (Å²) in [5, 5.41) is 12.1. The molecule has 0 radical (unpaired) electrons. The lowest BCUT2D eigenvalue weighted by molar-refractivity contribution is 0.153. The topological polar surface area (TPSA) is 93.5 Å². The first-order valence-corrected chi connectivity index (χ1v) is 4.68. The number of anilines is 3. The molecule has 0 aromatic heterocycles. The Morgan fingerprint density at radius 3 is 2.67 bits per heavy atom. The van der Waals surface area contributed by atoms with Crippen molar-refractivity contribution in [2.45, 2.75) is 6.04 Å². The summed E-state index contributed by atoms with van der Waals surface area (Å²) in [5.74, 6) is 0. The maximum atomic E-state index is 9.04. The Bertz CT molecular complexity index is 318. The number of aliphatic hydroxyl groups is 1. The van der Waals surface area contributed by atoms with Gasteiger partial charge in [0.25, 0.3) is 0 Å². The van der Waals surface area contributed by atoms with Gasteiger partial charge in [-0.05, 0) is 18.2 Å². The van der Waals surface area contributed by atoms with Crippen molar-refractivity contribution in [3.8, 4) is 0 Å². The van der Waals surface area contributed by atoms with Crippen molar-refractivity contribution in [3.63, 3.8) is 0 Å². The highest BCUT2D eigenvalue weighted by Crippen LogP contribution is 2.20. The second kappa shape index (κ2) is 5.43. The highest BCUT2D eigenvalue weighted by Gasteiger charge is 2.06. The van der Waals surface area contributed by atoms with Gasteiger partial charge in [-0.3, -0.25) is 0 Å². The van der Waals surface area contributed by atoms with Crippen LogP contribution in [-0.4, -0.2) is 31.5 Å². The SMILES string of the molecule is COCC(CO)Nc1ccc(N)c(N)c1. The number of ether oxygens (including phenoxy) is 1. The van der Waals surface area contributed by atoms with Gasteiger partial charge in [-0.2, -0.15) is 0 Å². The second-order valence-electron chi connectivity index (χ2n) is 3.32. The molecule has 1 rings (SSSR count). The van der Waals surface area contributed by atoms with Crippen LogP contribution >= 0.6 is 0 Å². The largest absolute Gasteiger partial charge is 0.397 e. The summed E-state index contributed by atoms with van der Waals surface area (Å²) in [7, 11) is 1.59. The van der Waals surface area contributed by atoms with Crippen molar-refractivity contribution >= 4 is 17.1 Å². The molecule has 15 heavy (non-hydrogen) atoms. The van der Waals surface area contributed by atoms with Crippen LogP contribution in [0.2, 0.25) is 0 Å². The van der Waals surface area contributed by atoms with Gasteiger partial charge in [0.15, 0.2) is 0 Å². The second-order valence-corrected chi connectivity index (χ2v) is 3.32. The average molecular weight is 211 g/mol. The van der Waals surface area contributed by atoms with Crippen molar-refractivity contribution in [1.29, 1.82) is 0 Å². The van der Waals surface area contributed by atoms with E-state index in [2.05, 4.69) is 5.32 Å². The highest BCUT2D eigenvalue weighted by atomic mass is 16.5. The standard InChI is InChI=1S/C10H17N3O2/c1-15-6-8(5-14)13-7-2-3-9(11)10(12)4-7/h2-4,8,13-14H,5-6,11-12H2,1H3. The summed E-state index contributed by atoms with van der Waals surface area (Å²) in [6, 6.07) is 5.12. The molecule has 1 aromatic rings. The van der Waals surface area contributed by atoms with Crippen LogP contribution in [0.15, 0.2) is 18.2 Å². The Labute approximate surface area is 89.0 Å². The minimum Gasteiger partial charge on any atom is -0.397 e. The maximum Gasteiger partial charge on any atom is 0.0725 e. The molecular weight excluding hydrogens is 194 g/mol. The van der Waals surface area contributed by atoms with E-state index in [0.29, 0.717) is 18.0 Å². The molecule has 1 aromatic carbocycles. The molecule has 5 nitrogen and oxygen atoms in total. The molecule has 0 amide bonds. The summed E-state index contributed by atoms with van der Waals surface area (Å²) < 4.78 is 4.94. The van der Waals surface area contributed by atoms with Gasteiger partial charge in [0.05, 0.1) is 30.6 Å². The molecule has 0 heterocycles. The fourth-order valence-corrected chi connectivity index (χ4v) is 1.24. The molecule has 0 aliphatic heterocycles. The van der Waals surface area contributed by atoms with Gasteiger partial charge in [0, 0.05) is 12.8 Å². The fraction of sp³-hybridized carbons (Fsp3) is 0.400. The zero-order valence-electron chi connectivity index (χ0n) is 8.73. The van der Waals surface area contributed by atoms with Gasteiger partial charge in [-0.1, -0.05) is 0 Å². The summed E-state index contributed by atoms with van der Waals surface area (Å²) in [4.78, 5) is 0. The molecule has 0 aliphatic carbocycles. The van der Waals surface area contributed by atoms with Crippen molar-refractivity contribution in [2.75, 3.05) is 37.1 Å². The van der Waals surface area contributed by atoms with Crippen LogP contribution in [0.4, 0.5) is 17.1 Å². The van der Waals surface area contributed by atoms with Crippen LogP contribution < -0.4 is 16.8 Å². The van der Waals surface area contributed by atoms with Crippen LogP contribution in [0.25, 0.3) is 0 Å². The average Bonchev–Trinajstić information content (AvgIpc) is 2.23. The molecule has 0 spiro atoms. The molecule has 0 fully saturated rings. The lowest BCUT2D eigenvalue weighted by atomic mass is 10.2. The number of nitrogens with one attached hydrogen (secondary N) is 1. The number of hydrogen-bond donors (Lipinski definition) is 4. The summed E-state index contributed by atoms with van der Waals surface area (Å²) in [5.41, 5.74) is 13.1. The first-order valence-electron chi connectivity index (χ1n) is 4.68. The lowest BCUT2D eigenvalue weighted by Crippen LogP contribution is -2.28. The van der Waals surface area contributed by atoms with E-state index in [1.807, 2.05) is 6.07 Å². The van der Waals surface area contributed by atoms with Crippen molar-refractivity contribution in [2.24, 2.45) is 0 Å². The molecule has 6 N–H and O–H groups in total. The van der Waals surface area contributed by atoms with Gasteiger partial charge in [-0.15, -0.1) is 0 Å². The molecule has 84 valence electrons. The van der Waals surface area contributed by atoms with E-state index in [0.717, 1.165) is 5.69 Å². The number of aliphatic hydroxyl groups excluding tert-OH is 1. The highest BCUT2D eigenvalue weighted by molar-refractivity contribution is 5.69. The Hall–Kier alpha value is -1.46. The van der Waals surface area contributed by atoms with Crippen LogP contribution in [0.5, 0.6) is 0 Å². The van der Waals surface area contributed by atoms with E-state index in [1.54, 1.807) is 19.2 Å². The molecule has 1 unspecified atom stereocenters. The first-order chi connectivity index (χ1) is 7.17. The Morgan fingerprint density at radius 2 is 2.13 bits per heavy atom. The van der Waals surface area contributed by atoms with E-state index in [9.17, 15) is 0 Å². The Morgan fingerprint density at radius 1 is 1.40 bits per heavy atom. The monoisotopic (exact) mass is 211 g/mol. The normalized spacial score (nSPS) is 12.4. The summed E-state index contributed by atoms with van der Waals surface area (Å²) in [6.45, 7) is 0.429. The molecular formula is C10H17N3O2. The Balaban J connectivity index is 2.66. The number of rotatable bonds is 5. The minimum atomic E-state index is -0.141. The van der Waals surface area contributed by atoms with E-state index in [1.165, 1.54) is 0 Å². The van der Waals surface area contributed by atoms with Crippen LogP contribution in [0.3, 0.4) is 0 Å². The van der Waals surface area contributed by atoms with E-state index in [4.69, 9.17) is 21.3 Å². The summed E-state index contributed by atoms with van der Waals surface area (Å²) in [6.07, 6.45) is 0. The molecule has 5 heteroatoms. The third kappa shape index (κ3) is 3.30. The van der Waals surface area contributed by atoms with E-state index in [-0.39, 0.29) is 12.6 Å². The number of nitrogen functional groups attached to an aromatic ring is 2. The van der Waals surface area contributed by atoms with Gasteiger partial charge in [0.2, 0.25) is 0 Å². The summed E-state index contributed by atoms with van der Waals surface area (Å²) >= 11 is 0. The molecule has 0 aliphatic rings.